The largest absolute Gasteiger partial charge is 0.490 e. The van der Waals surface area contributed by atoms with Crippen molar-refractivity contribution < 1.29 is 287 Å². The third kappa shape index (κ3) is 153. The Kier molecular flexibility index (Phi) is 73.2. The molecule has 0 aromatic heterocycles. The Bertz CT molecular complexity index is 4820. The molecule has 122 heavy (non-hydrogen) atoms. The average molecular weight is 2290 g/mol. The van der Waals surface area contributed by atoms with E-state index in [9.17, 15) is 199 Å². The second-order valence-electron chi connectivity index (χ2n) is 17.0. The molecule has 0 saturated carbocycles. The van der Waals surface area contributed by atoms with Gasteiger partial charge in [-0.05, 0) is 34.1 Å². The van der Waals surface area contributed by atoms with E-state index in [1.54, 1.807) is 11.8 Å². The summed E-state index contributed by atoms with van der Waals surface area (Å²) >= 11 is 0. The van der Waals surface area contributed by atoms with Crippen molar-refractivity contribution in [3.63, 3.8) is 0 Å². The normalized spacial score (nSPS) is 19.1. The van der Waals surface area contributed by atoms with Gasteiger partial charge in [0.1, 0.15) is 13.2 Å². The predicted molar refractivity (Wildman–Crippen MR) is 382 cm³/mol. The molecule has 0 fully saturated rings. The Morgan fingerprint density at radius 3 is 0.828 bits per heavy atom. The third-order valence-corrected chi connectivity index (χ3v) is 30.4. The van der Waals surface area contributed by atoms with E-state index < -0.39 is 220 Å². The molecule has 0 aliphatic heterocycles. The fourth-order valence-electron chi connectivity index (χ4n) is 3.19. The van der Waals surface area contributed by atoms with Crippen molar-refractivity contribution in [2.45, 2.75) is 40.2 Å². The lowest BCUT2D eigenvalue weighted by molar-refractivity contribution is 0.245. The van der Waals surface area contributed by atoms with Gasteiger partial charge < -0.3 is 53.8 Å². The van der Waals surface area contributed by atoms with Crippen LogP contribution >= 0.6 is 125 Å². The van der Waals surface area contributed by atoms with Gasteiger partial charge in [-0.15, -0.1) is 133 Å². The number of terminal acetylenes is 2. The highest BCUT2D eigenvalue weighted by Crippen LogP contribution is 2.59. The summed E-state index contributed by atoms with van der Waals surface area (Å²) in [6, 6.07) is 0. The quantitative estimate of drug-likeness (QED) is 0.00680. The summed E-state index contributed by atoms with van der Waals surface area (Å²) < 4.78 is 526. The Balaban J connectivity index is -0.000000124. The van der Waals surface area contributed by atoms with Gasteiger partial charge in [0.2, 0.25) is 10.0 Å². The fraction of sp³-hybridized carbons (Fsp3) is 0.583. The summed E-state index contributed by atoms with van der Waals surface area (Å²) in [5, 5.41) is 0. The number of rotatable bonds is 42. The highest BCUT2D eigenvalue weighted by Gasteiger charge is 2.37. The lowest BCUT2D eigenvalue weighted by atomic mass is 10.5. The number of hydrogen-bond acceptors (Lipinski definition) is 36. The first-order valence-corrected chi connectivity index (χ1v) is 59.3. The van der Waals surface area contributed by atoms with E-state index in [2.05, 4.69) is 67.4 Å². The second kappa shape index (κ2) is 61.9. The van der Waals surface area contributed by atoms with Crippen molar-refractivity contribution >= 4 is 187 Å². The van der Waals surface area contributed by atoms with Crippen LogP contribution in [-0.2, 0) is 170 Å². The maximum absolute atomic E-state index is 12.5. The summed E-state index contributed by atoms with van der Waals surface area (Å²) in [6.45, 7) is 11.8. The van der Waals surface area contributed by atoms with Crippen molar-refractivity contribution in [1.82, 2.24) is 51.2 Å². The van der Waals surface area contributed by atoms with E-state index in [0.29, 0.717) is 20.8 Å². The topological polar surface area (TPSA) is 907 Å². The molecule has 740 valence electrons. The number of nitrogens with one attached hydrogen (secondary N) is 11. The van der Waals surface area contributed by atoms with Crippen LogP contribution in [0.3, 0.4) is 0 Å². The van der Waals surface area contributed by atoms with Crippen LogP contribution in [0.25, 0.3) is 0 Å². The lowest BCUT2D eigenvalue weighted by Gasteiger charge is -2.09. The molecule has 98 heteroatoms. The van der Waals surface area contributed by atoms with Crippen molar-refractivity contribution in [2.75, 3.05) is 52.5 Å². The van der Waals surface area contributed by atoms with Crippen LogP contribution in [0, 0.1) is 24.7 Å². The van der Waals surface area contributed by atoms with E-state index in [1.807, 2.05) is 0 Å². The molecule has 58 nitrogen and oxygen atoms in total. The van der Waals surface area contributed by atoms with Gasteiger partial charge in [-0.2, -0.15) is 42.1 Å². The standard InChI is InChI=1S/C4H9F2NO4P2.C3H7F2NO4P2.C3H5F2NO4P2.C3H9FNO5PS.C3H7FNO5PS.C3H5FNO5PS.C2H7F2NO4P2.C2H7FNO5PS.CH5FNO4PS.F3H2NO3P2.F2H2NO4PS/c1-2-3-4-11-13(6,10)7-12(5,8)9;2*1-2-3-10-12(5,9)6-11(4,7)8;1-3(2)10-12(8,9)5-11(4,6)7;2*1-2-3-10-12(8,9)5-11(4,6)7;1-2-9-11(4,8)5-10(3,6)7;1-2-9-11(7,8)4-10(3,5)6;1-9(6,7)3-8(2,4)5;1-8(2,5)4-9(3,6)7;1-8(4,5)3-9(2,6)7/h2H,1,3-4H2,(H2,7,8,9,10);2H,1,3H2,(H2,6,7,8,9);1H,3H2,(H2,6,7,8,9);3H,1-2H3,(H2,5,6,7);2H,1,3H2,(H2,5,6,7);1H,3H2,(H2,5,6,7);2H2,1H3,(H2,5,6,7,8);2H2,1H3,(H2,4,5,6);1H3,(H2,3,4,5);(H2,4,5,6,7);(H2,3,4,5). The molecule has 22 N–H and O–H groups in total. The molecular formula is C24H65F18N11O47P16S6. The van der Waals surface area contributed by atoms with Gasteiger partial charge in [0, 0.05) is 0 Å². The first-order valence-electron chi connectivity index (χ1n) is 25.8. The summed E-state index contributed by atoms with van der Waals surface area (Å²) in [7, 11) is -112. The molecule has 0 aromatic rings. The van der Waals surface area contributed by atoms with Crippen LogP contribution in [0.2, 0.25) is 0 Å². The van der Waals surface area contributed by atoms with Gasteiger partial charge in [0.05, 0.1) is 45.4 Å². The summed E-state index contributed by atoms with van der Waals surface area (Å²) in [4.78, 5) is 89.0. The molecule has 0 amide bonds. The van der Waals surface area contributed by atoms with Crippen LogP contribution in [0.4, 0.5) is 75.2 Å². The lowest BCUT2D eigenvalue weighted by Crippen LogP contribution is -2.24. The fourth-order valence-corrected chi connectivity index (χ4v) is 20.4. The number of sulfonamides is 1. The predicted octanol–water partition coefficient (Wildman–Crippen LogP) is 8.41. The van der Waals surface area contributed by atoms with E-state index in [4.69, 9.17) is 53.8 Å². The molecule has 0 aliphatic rings. The maximum atomic E-state index is 12.5. The van der Waals surface area contributed by atoms with Gasteiger partial charge in [-0.3, -0.25) is 30.6 Å². The molecule has 15 atom stereocenters. The summed E-state index contributed by atoms with van der Waals surface area (Å²) in [5.41, 5.74) is 0. The van der Waals surface area contributed by atoms with Crippen molar-refractivity contribution in [2.24, 2.45) is 0 Å². The molecule has 0 heterocycles. The van der Waals surface area contributed by atoms with Gasteiger partial charge in [-0.25, -0.2) is 85.6 Å². The Hall–Kier alpha value is -0.740. The van der Waals surface area contributed by atoms with E-state index in [-0.39, 0.29) is 35.6 Å². The van der Waals surface area contributed by atoms with Gasteiger partial charge in [-0.1, -0.05) is 56.4 Å². The van der Waals surface area contributed by atoms with Gasteiger partial charge in [0.15, 0.2) is 0 Å². The van der Waals surface area contributed by atoms with Crippen LogP contribution in [0.5, 0.6) is 0 Å². The minimum atomic E-state index is -5.93. The molecule has 0 bridgehead atoms. The zero-order valence-electron chi connectivity index (χ0n) is 58.8. The maximum Gasteiger partial charge on any atom is 0.490 e. The average Bonchev–Trinajstić information content (AvgIpc) is 0.898. The molecule has 15 unspecified atom stereocenters. The molecular weight excluding hydrogens is 2220 g/mol. The Morgan fingerprint density at radius 1 is 0.352 bits per heavy atom. The zero-order valence-corrected chi connectivity index (χ0v) is 78.0. The number of halogens is 18. The Morgan fingerprint density at radius 2 is 0.623 bits per heavy atom. The van der Waals surface area contributed by atoms with E-state index in [1.165, 1.54) is 33.8 Å². The monoisotopic (exact) mass is 2290 g/mol. The molecule has 0 aliphatic carbocycles. The van der Waals surface area contributed by atoms with Crippen LogP contribution in [0.15, 0.2) is 38.0 Å². The third-order valence-electron chi connectivity index (χ3n) is 5.39. The van der Waals surface area contributed by atoms with Gasteiger partial charge in [0.25, 0.3) is 0 Å². The minimum absolute atomic E-state index is 0.125. The van der Waals surface area contributed by atoms with E-state index in [0.717, 1.165) is 39.5 Å². The molecule has 0 saturated heterocycles. The van der Waals surface area contributed by atoms with Gasteiger partial charge >= 0.3 is 177 Å². The highest BCUT2D eigenvalue weighted by atomic mass is 32.3. The SMILES string of the molecule is C#CCOP(=O)(F)NP(=O)(O)F.C#CCOS(=O)(=O)NP(=O)(O)F.C=CCCOP(=O)(F)NP(=O)(O)F.C=CCOP(=O)(F)NP(=O)(O)F.C=CCOS(=O)(=O)NP(=O)(O)F.CC(C)OS(=O)(=O)NP(=O)(O)F.CCOP(=O)(F)NP(=O)(O)F.CCOS(=O)(=O)NP(=O)(O)F.CS(=O)(=O)NP(=O)(O)F.O=P(O)(F)NP(=O)(F)F.O=P(O)(F)NS(=O)(=O)F. The van der Waals surface area contributed by atoms with Crippen molar-refractivity contribution in [3.8, 4) is 24.7 Å². The molecule has 0 radical (unpaired) electrons. The smallest absolute Gasteiger partial charge is 0.309 e. The minimum Gasteiger partial charge on any atom is -0.309 e. The number of hydrogen-bond donors (Lipinski definition) is 22. The second-order valence-corrected chi connectivity index (χ2v) is 49.1. The van der Waals surface area contributed by atoms with Crippen molar-refractivity contribution in [3.05, 3.63) is 38.0 Å². The van der Waals surface area contributed by atoms with Crippen LogP contribution < -0.4 is 51.2 Å². The first-order chi connectivity index (χ1) is 52.6. The van der Waals surface area contributed by atoms with Crippen molar-refractivity contribution in [1.29, 1.82) is 0 Å². The Labute approximate surface area is 677 Å². The molecule has 0 aromatic carbocycles. The molecule has 0 spiro atoms. The van der Waals surface area contributed by atoms with Crippen LogP contribution in [-0.4, -0.2) is 163 Å². The van der Waals surface area contributed by atoms with E-state index >= 15 is 0 Å². The highest BCUT2D eigenvalue weighted by molar-refractivity contribution is 7.94. The van der Waals surface area contributed by atoms with Crippen LogP contribution in [0.1, 0.15) is 34.1 Å². The summed E-state index contributed by atoms with van der Waals surface area (Å²) in [5.74, 6) is 3.52. The molecule has 0 rings (SSSR count). The first kappa shape index (κ1) is 144. The summed E-state index contributed by atoms with van der Waals surface area (Å²) in [6.07, 6.45) is 12.7. The zero-order chi connectivity index (χ0) is 101.